The van der Waals surface area contributed by atoms with Crippen LogP contribution >= 0.6 is 0 Å². The highest BCUT2D eigenvalue weighted by atomic mass is 16.5. The molecule has 1 amide bonds. The molecule has 0 aliphatic carbocycles. The zero-order valence-corrected chi connectivity index (χ0v) is 8.88. The molecule has 0 bridgehead atoms. The van der Waals surface area contributed by atoms with Crippen molar-refractivity contribution in [2.45, 2.75) is 0 Å². The van der Waals surface area contributed by atoms with E-state index in [1.54, 1.807) is 30.3 Å². The van der Waals surface area contributed by atoms with Gasteiger partial charge in [-0.2, -0.15) is 10.5 Å². The summed E-state index contributed by atoms with van der Waals surface area (Å²) in [5.74, 6) is -0.224. The Labute approximate surface area is 98.3 Å². The number of rotatable bonds is 4. The van der Waals surface area contributed by atoms with Crippen LogP contribution in [0.4, 0.5) is 0 Å². The lowest BCUT2D eigenvalue weighted by Gasteiger charge is -2.01. The summed E-state index contributed by atoms with van der Waals surface area (Å²) in [7, 11) is 0. The number of nitrogens with zero attached hydrogens (tertiary/aromatic N) is 2. The van der Waals surface area contributed by atoms with E-state index in [2.05, 4.69) is 0 Å². The summed E-state index contributed by atoms with van der Waals surface area (Å²) in [5.41, 5.74) is 5.54. The average molecular weight is 227 g/mol. The fraction of sp³-hybridized carbons (Fsp3) is 0.0833. The molecule has 0 aromatic heterocycles. The maximum Gasteiger partial charge on any atom is 0.259 e. The van der Waals surface area contributed by atoms with Crippen LogP contribution < -0.4 is 10.5 Å². The largest absolute Gasteiger partial charge is 0.479 e. The van der Waals surface area contributed by atoms with Crippen LogP contribution in [0.5, 0.6) is 5.75 Å². The van der Waals surface area contributed by atoms with Crippen molar-refractivity contribution in [3.63, 3.8) is 0 Å². The number of benzene rings is 1. The molecule has 0 saturated heterocycles. The average Bonchev–Trinajstić information content (AvgIpc) is 2.34. The lowest BCUT2D eigenvalue weighted by atomic mass is 10.1. The van der Waals surface area contributed by atoms with Gasteiger partial charge in [0, 0.05) is 0 Å². The minimum Gasteiger partial charge on any atom is -0.479 e. The second-order valence-corrected chi connectivity index (χ2v) is 3.05. The van der Waals surface area contributed by atoms with Crippen LogP contribution in [0.25, 0.3) is 6.08 Å². The number of carbonyl (C=O) groups excluding carboxylic acids is 1. The van der Waals surface area contributed by atoms with Crippen molar-refractivity contribution in [3.8, 4) is 17.9 Å². The van der Waals surface area contributed by atoms with Crippen molar-refractivity contribution < 1.29 is 9.53 Å². The van der Waals surface area contributed by atoms with Gasteiger partial charge in [-0.15, -0.1) is 0 Å². The first-order valence-corrected chi connectivity index (χ1v) is 4.69. The summed E-state index contributed by atoms with van der Waals surface area (Å²) >= 11 is 0. The maximum atomic E-state index is 10.8. The van der Waals surface area contributed by atoms with E-state index in [1.165, 1.54) is 6.08 Å². The number of primary amides is 1. The van der Waals surface area contributed by atoms with Crippen LogP contribution in [-0.4, -0.2) is 12.5 Å². The second-order valence-electron chi connectivity index (χ2n) is 3.05. The number of amides is 1. The highest BCUT2D eigenvalue weighted by Crippen LogP contribution is 2.14. The van der Waals surface area contributed by atoms with E-state index in [0.717, 1.165) is 0 Å². The molecule has 0 radical (unpaired) electrons. The van der Waals surface area contributed by atoms with Gasteiger partial charge in [-0.05, 0) is 23.8 Å². The Morgan fingerprint density at radius 3 is 2.47 bits per heavy atom. The van der Waals surface area contributed by atoms with Crippen LogP contribution in [-0.2, 0) is 4.79 Å². The third-order valence-electron chi connectivity index (χ3n) is 1.88. The van der Waals surface area contributed by atoms with Gasteiger partial charge < -0.3 is 10.5 Å². The molecular weight excluding hydrogens is 218 g/mol. The second kappa shape index (κ2) is 5.94. The quantitative estimate of drug-likeness (QED) is 0.612. The first kappa shape index (κ1) is 12.3. The van der Waals surface area contributed by atoms with Gasteiger partial charge in [0.1, 0.15) is 23.5 Å². The van der Waals surface area contributed by atoms with Gasteiger partial charge in [0.25, 0.3) is 5.91 Å². The molecule has 5 heteroatoms. The van der Waals surface area contributed by atoms with E-state index in [0.29, 0.717) is 11.3 Å². The van der Waals surface area contributed by atoms with Crippen molar-refractivity contribution in [2.75, 3.05) is 6.61 Å². The zero-order chi connectivity index (χ0) is 12.7. The van der Waals surface area contributed by atoms with Crippen LogP contribution in [0.15, 0.2) is 29.8 Å². The van der Waals surface area contributed by atoms with Gasteiger partial charge in [0.2, 0.25) is 0 Å². The minimum absolute atomic E-state index is 0.0279. The summed E-state index contributed by atoms with van der Waals surface area (Å²) in [6, 6.07) is 10.2. The molecular formula is C12H9N3O2. The SMILES string of the molecule is N#CCOc1ccc(/C=C(\C#N)C(N)=O)cc1. The number of nitrogens with two attached hydrogens (primary N) is 1. The van der Waals surface area contributed by atoms with Crippen LogP contribution in [0.1, 0.15) is 5.56 Å². The molecule has 2 N–H and O–H groups in total. The lowest BCUT2D eigenvalue weighted by molar-refractivity contribution is -0.114. The Morgan fingerprint density at radius 1 is 1.35 bits per heavy atom. The molecule has 0 spiro atoms. The van der Waals surface area contributed by atoms with Crippen LogP contribution in [0, 0.1) is 22.7 Å². The third-order valence-corrected chi connectivity index (χ3v) is 1.88. The molecule has 84 valence electrons. The molecule has 1 aromatic carbocycles. The fourth-order valence-corrected chi connectivity index (χ4v) is 1.10. The van der Waals surface area contributed by atoms with Crippen molar-refractivity contribution in [3.05, 3.63) is 35.4 Å². The van der Waals surface area contributed by atoms with Gasteiger partial charge in [-0.1, -0.05) is 12.1 Å². The number of carbonyl (C=O) groups is 1. The Morgan fingerprint density at radius 2 is 2.00 bits per heavy atom. The molecule has 17 heavy (non-hydrogen) atoms. The summed E-state index contributed by atoms with van der Waals surface area (Å²) in [4.78, 5) is 10.8. The van der Waals surface area contributed by atoms with Crippen molar-refractivity contribution in [1.82, 2.24) is 0 Å². The molecule has 1 aromatic rings. The van der Waals surface area contributed by atoms with E-state index in [-0.39, 0.29) is 12.2 Å². The highest BCUT2D eigenvalue weighted by molar-refractivity contribution is 6.00. The van der Waals surface area contributed by atoms with Gasteiger partial charge in [0.05, 0.1) is 0 Å². The predicted octanol–water partition coefficient (Wildman–Crippen LogP) is 0.981. The fourth-order valence-electron chi connectivity index (χ4n) is 1.10. The van der Waals surface area contributed by atoms with Crippen LogP contribution in [0.3, 0.4) is 0 Å². The van der Waals surface area contributed by atoms with E-state index in [4.69, 9.17) is 21.0 Å². The molecule has 0 atom stereocenters. The number of nitriles is 2. The smallest absolute Gasteiger partial charge is 0.259 e. The Hall–Kier alpha value is -2.79. The number of ether oxygens (including phenoxy) is 1. The highest BCUT2D eigenvalue weighted by Gasteiger charge is 2.03. The van der Waals surface area contributed by atoms with Gasteiger partial charge in [0.15, 0.2) is 6.61 Å². The standard InChI is InChI=1S/C12H9N3O2/c13-5-6-17-11-3-1-9(2-4-11)7-10(8-14)12(15)16/h1-4,7H,6H2,(H2,15,16)/b10-7+. The Balaban J connectivity index is 2.85. The molecule has 0 aliphatic heterocycles. The first-order chi connectivity index (χ1) is 8.17. The minimum atomic E-state index is -0.766. The summed E-state index contributed by atoms with van der Waals surface area (Å²) < 4.78 is 5.05. The molecule has 0 saturated carbocycles. The topological polar surface area (TPSA) is 99.9 Å². The molecule has 5 nitrogen and oxygen atoms in total. The van der Waals surface area contributed by atoms with Crippen molar-refractivity contribution in [2.24, 2.45) is 5.73 Å². The molecule has 0 heterocycles. The van der Waals surface area contributed by atoms with Crippen molar-refractivity contribution in [1.29, 1.82) is 10.5 Å². The van der Waals surface area contributed by atoms with Gasteiger partial charge >= 0.3 is 0 Å². The summed E-state index contributed by atoms with van der Waals surface area (Å²) in [6.07, 6.45) is 1.39. The molecule has 0 unspecified atom stereocenters. The van der Waals surface area contributed by atoms with Crippen molar-refractivity contribution >= 4 is 12.0 Å². The van der Waals surface area contributed by atoms with E-state index in [1.807, 2.05) is 6.07 Å². The first-order valence-electron chi connectivity index (χ1n) is 4.69. The summed E-state index contributed by atoms with van der Waals surface area (Å²) in [6.45, 7) is -0.0279. The molecule has 0 fully saturated rings. The van der Waals surface area contributed by atoms with E-state index >= 15 is 0 Å². The molecule has 0 aliphatic rings. The predicted molar refractivity (Wildman–Crippen MR) is 60.3 cm³/mol. The summed E-state index contributed by atoms with van der Waals surface area (Å²) in [5, 5.41) is 17.0. The number of hydrogen-bond acceptors (Lipinski definition) is 4. The Kier molecular flexibility index (Phi) is 4.29. The van der Waals surface area contributed by atoms with Gasteiger partial charge in [-0.25, -0.2) is 0 Å². The molecule has 1 rings (SSSR count). The number of hydrogen-bond donors (Lipinski definition) is 1. The monoisotopic (exact) mass is 227 g/mol. The van der Waals surface area contributed by atoms with Gasteiger partial charge in [-0.3, -0.25) is 4.79 Å². The van der Waals surface area contributed by atoms with Crippen LogP contribution in [0.2, 0.25) is 0 Å². The van der Waals surface area contributed by atoms with E-state index in [9.17, 15) is 4.79 Å². The zero-order valence-electron chi connectivity index (χ0n) is 8.88. The Bertz CT molecular complexity index is 518. The normalized spacial score (nSPS) is 10.1. The third kappa shape index (κ3) is 3.69. The lowest BCUT2D eigenvalue weighted by Crippen LogP contribution is -2.12. The maximum absolute atomic E-state index is 10.8. The van der Waals surface area contributed by atoms with E-state index < -0.39 is 5.91 Å².